The van der Waals surface area contributed by atoms with Gasteiger partial charge in [-0.15, -0.1) is 0 Å². The predicted molar refractivity (Wildman–Crippen MR) is 103 cm³/mol. The van der Waals surface area contributed by atoms with E-state index in [2.05, 4.69) is 15.4 Å². The van der Waals surface area contributed by atoms with Gasteiger partial charge in [-0.1, -0.05) is 31.9 Å². The quantitative estimate of drug-likeness (QED) is 0.566. The molecule has 2 N–H and O–H groups in total. The molecule has 0 radical (unpaired) electrons. The van der Waals surface area contributed by atoms with Gasteiger partial charge in [-0.25, -0.2) is 4.79 Å². The first-order valence-electron chi connectivity index (χ1n) is 8.85. The molecular formula is C19H25ClN2O6. The summed E-state index contributed by atoms with van der Waals surface area (Å²) in [5, 5.41) is 5.59. The van der Waals surface area contributed by atoms with Crippen LogP contribution < -0.4 is 10.6 Å². The van der Waals surface area contributed by atoms with Gasteiger partial charge >= 0.3 is 11.9 Å². The third-order valence-electron chi connectivity index (χ3n) is 4.07. The second-order valence-electron chi connectivity index (χ2n) is 6.13. The van der Waals surface area contributed by atoms with E-state index in [1.807, 2.05) is 6.92 Å². The highest BCUT2D eigenvalue weighted by atomic mass is 35.5. The van der Waals surface area contributed by atoms with Gasteiger partial charge in [0.15, 0.2) is 6.61 Å². The Kier molecular flexibility index (Phi) is 10.0. The van der Waals surface area contributed by atoms with Gasteiger partial charge in [0.05, 0.1) is 13.5 Å². The van der Waals surface area contributed by atoms with Crippen LogP contribution in [-0.2, 0) is 23.9 Å². The van der Waals surface area contributed by atoms with E-state index in [-0.39, 0.29) is 24.8 Å². The zero-order valence-electron chi connectivity index (χ0n) is 16.1. The van der Waals surface area contributed by atoms with Crippen molar-refractivity contribution in [3.63, 3.8) is 0 Å². The number of benzene rings is 1. The highest BCUT2D eigenvalue weighted by molar-refractivity contribution is 6.30. The number of hydrogen-bond acceptors (Lipinski definition) is 6. The molecule has 154 valence electrons. The number of halogens is 1. The first-order valence-corrected chi connectivity index (χ1v) is 9.22. The first-order chi connectivity index (χ1) is 13.3. The Morgan fingerprint density at radius 1 is 1.14 bits per heavy atom. The van der Waals surface area contributed by atoms with Crippen molar-refractivity contribution in [2.24, 2.45) is 5.92 Å². The monoisotopic (exact) mass is 412 g/mol. The fourth-order valence-electron chi connectivity index (χ4n) is 2.21. The molecule has 0 fully saturated rings. The van der Waals surface area contributed by atoms with E-state index in [1.54, 1.807) is 31.2 Å². The van der Waals surface area contributed by atoms with E-state index in [4.69, 9.17) is 16.3 Å². The Bertz CT molecular complexity index is 692. The minimum Gasteiger partial charge on any atom is -0.467 e. The van der Waals surface area contributed by atoms with Crippen molar-refractivity contribution in [3.05, 3.63) is 34.9 Å². The van der Waals surface area contributed by atoms with Gasteiger partial charge in [-0.2, -0.15) is 0 Å². The van der Waals surface area contributed by atoms with Crippen LogP contribution in [0.2, 0.25) is 5.02 Å². The average Bonchev–Trinajstić information content (AvgIpc) is 2.69. The Hall–Kier alpha value is -2.61. The smallest absolute Gasteiger partial charge is 0.328 e. The number of rotatable bonds is 10. The molecule has 28 heavy (non-hydrogen) atoms. The first kappa shape index (κ1) is 23.4. The molecule has 0 aliphatic heterocycles. The van der Waals surface area contributed by atoms with Crippen LogP contribution in [0.5, 0.6) is 0 Å². The highest BCUT2D eigenvalue weighted by Crippen LogP contribution is 2.10. The fourth-order valence-corrected chi connectivity index (χ4v) is 2.34. The third kappa shape index (κ3) is 7.96. The molecule has 2 amide bonds. The van der Waals surface area contributed by atoms with Crippen LogP contribution in [0.1, 0.15) is 37.0 Å². The SMILES string of the molecule is CC[C@@H](C)[C@@H](NC(=O)COC(=O)CCNC(=O)c1ccc(Cl)cc1)C(=O)OC. The number of carbonyl (C=O) groups excluding carboxylic acids is 4. The molecule has 0 aliphatic rings. The summed E-state index contributed by atoms with van der Waals surface area (Å²) in [5.74, 6) is -2.29. The Morgan fingerprint density at radius 2 is 1.79 bits per heavy atom. The minimum atomic E-state index is -0.806. The molecule has 0 spiro atoms. The second kappa shape index (κ2) is 12.0. The lowest BCUT2D eigenvalue weighted by atomic mass is 9.99. The molecule has 1 rings (SSSR count). The lowest BCUT2D eigenvalue weighted by Gasteiger charge is -2.21. The van der Waals surface area contributed by atoms with Crippen molar-refractivity contribution in [3.8, 4) is 0 Å². The van der Waals surface area contributed by atoms with Crippen molar-refractivity contribution < 1.29 is 28.7 Å². The zero-order chi connectivity index (χ0) is 21.1. The largest absolute Gasteiger partial charge is 0.467 e. The number of methoxy groups -OCH3 is 1. The standard InChI is InChI=1S/C19H25ClN2O6/c1-4-12(2)17(19(26)27-3)22-15(23)11-28-16(24)9-10-21-18(25)13-5-7-14(20)8-6-13/h5-8,12,17H,4,9-11H2,1-3H3,(H,21,25)(H,22,23)/t12-,17-/m1/s1. The molecule has 0 bridgehead atoms. The maximum Gasteiger partial charge on any atom is 0.328 e. The second-order valence-corrected chi connectivity index (χ2v) is 6.56. The molecule has 9 heteroatoms. The summed E-state index contributed by atoms with van der Waals surface area (Å²) < 4.78 is 9.53. The van der Waals surface area contributed by atoms with Crippen molar-refractivity contribution in [2.45, 2.75) is 32.7 Å². The molecule has 0 aromatic heterocycles. The number of nitrogens with one attached hydrogen (secondary N) is 2. The highest BCUT2D eigenvalue weighted by Gasteiger charge is 2.26. The Balaban J connectivity index is 2.35. The number of esters is 2. The molecule has 2 atom stereocenters. The van der Waals surface area contributed by atoms with Gasteiger partial charge in [0.2, 0.25) is 0 Å². The van der Waals surface area contributed by atoms with Gasteiger partial charge in [0.1, 0.15) is 6.04 Å². The molecular weight excluding hydrogens is 388 g/mol. The molecule has 0 heterocycles. The number of carbonyl (C=O) groups is 4. The molecule has 0 saturated heterocycles. The van der Waals surface area contributed by atoms with Gasteiger partial charge in [0, 0.05) is 17.1 Å². The van der Waals surface area contributed by atoms with Crippen LogP contribution in [0.25, 0.3) is 0 Å². The van der Waals surface area contributed by atoms with Crippen LogP contribution >= 0.6 is 11.6 Å². The summed E-state index contributed by atoms with van der Waals surface area (Å²) in [6, 6.07) is 5.50. The minimum absolute atomic E-state index is 0.0551. The van der Waals surface area contributed by atoms with Gasteiger partial charge < -0.3 is 20.1 Å². The number of ether oxygens (including phenoxy) is 2. The van der Waals surface area contributed by atoms with Crippen LogP contribution in [0, 0.1) is 5.92 Å². The lowest BCUT2D eigenvalue weighted by Crippen LogP contribution is -2.47. The van der Waals surface area contributed by atoms with E-state index in [0.29, 0.717) is 17.0 Å². The maximum absolute atomic E-state index is 11.9. The molecule has 0 aliphatic carbocycles. The van der Waals surface area contributed by atoms with Crippen LogP contribution in [0.15, 0.2) is 24.3 Å². The third-order valence-corrected chi connectivity index (χ3v) is 4.32. The van der Waals surface area contributed by atoms with Crippen LogP contribution in [0.3, 0.4) is 0 Å². The van der Waals surface area contributed by atoms with E-state index in [1.165, 1.54) is 7.11 Å². The predicted octanol–water partition coefficient (Wildman–Crippen LogP) is 1.71. The number of hydrogen-bond donors (Lipinski definition) is 2. The van der Waals surface area contributed by atoms with Gasteiger partial charge in [-0.3, -0.25) is 14.4 Å². The Morgan fingerprint density at radius 3 is 2.36 bits per heavy atom. The topological polar surface area (TPSA) is 111 Å². The van der Waals surface area contributed by atoms with Crippen molar-refractivity contribution in [1.82, 2.24) is 10.6 Å². The summed E-state index contributed by atoms with van der Waals surface area (Å²) in [7, 11) is 1.24. The Labute approximate surface area is 168 Å². The van der Waals surface area contributed by atoms with E-state index in [0.717, 1.165) is 0 Å². The van der Waals surface area contributed by atoms with Crippen molar-refractivity contribution in [2.75, 3.05) is 20.3 Å². The van der Waals surface area contributed by atoms with Crippen molar-refractivity contribution in [1.29, 1.82) is 0 Å². The summed E-state index contributed by atoms with van der Waals surface area (Å²) in [5.41, 5.74) is 0.413. The number of amides is 2. The maximum atomic E-state index is 11.9. The van der Waals surface area contributed by atoms with Crippen LogP contribution in [-0.4, -0.2) is 50.1 Å². The van der Waals surface area contributed by atoms with E-state index >= 15 is 0 Å². The molecule has 0 unspecified atom stereocenters. The molecule has 1 aromatic carbocycles. The molecule has 8 nitrogen and oxygen atoms in total. The van der Waals surface area contributed by atoms with Crippen molar-refractivity contribution >= 4 is 35.4 Å². The fraction of sp³-hybridized carbons (Fsp3) is 0.474. The molecule has 0 saturated carbocycles. The summed E-state index contributed by atoms with van der Waals surface area (Å²) >= 11 is 5.75. The summed E-state index contributed by atoms with van der Waals surface area (Å²) in [6.45, 7) is 3.22. The van der Waals surface area contributed by atoms with Crippen LogP contribution in [0.4, 0.5) is 0 Å². The lowest BCUT2D eigenvalue weighted by molar-refractivity contribution is -0.150. The zero-order valence-corrected chi connectivity index (χ0v) is 16.9. The van der Waals surface area contributed by atoms with E-state index in [9.17, 15) is 19.2 Å². The molecule has 1 aromatic rings. The van der Waals surface area contributed by atoms with E-state index < -0.39 is 30.5 Å². The normalized spacial score (nSPS) is 12.4. The van der Waals surface area contributed by atoms with Gasteiger partial charge in [0.25, 0.3) is 11.8 Å². The summed E-state index contributed by atoms with van der Waals surface area (Å²) in [4.78, 5) is 47.3. The average molecular weight is 413 g/mol. The summed E-state index contributed by atoms with van der Waals surface area (Å²) in [6.07, 6.45) is 0.561. The van der Waals surface area contributed by atoms with Gasteiger partial charge in [-0.05, 0) is 30.2 Å².